The monoisotopic (exact) mass is 327 g/mol. The van der Waals surface area contributed by atoms with Crippen molar-refractivity contribution in [2.24, 2.45) is 11.7 Å². The van der Waals surface area contributed by atoms with Gasteiger partial charge >= 0.3 is 11.9 Å². The number of hydrogen-bond acceptors (Lipinski definition) is 4. The van der Waals surface area contributed by atoms with E-state index in [0.29, 0.717) is 18.6 Å². The Bertz CT molecular complexity index is 506. The van der Waals surface area contributed by atoms with Crippen LogP contribution in [0.15, 0.2) is 24.3 Å². The summed E-state index contributed by atoms with van der Waals surface area (Å²) in [6.45, 7) is -0.551. The number of carboxylic acid groups (broad SMARTS) is 2. The lowest BCUT2D eigenvalue weighted by Crippen LogP contribution is -2.31. The zero-order valence-corrected chi connectivity index (χ0v) is 12.8. The van der Waals surface area contributed by atoms with Crippen molar-refractivity contribution in [3.8, 4) is 5.75 Å². The van der Waals surface area contributed by atoms with Gasteiger partial charge in [-0.25, -0.2) is 4.39 Å². The highest BCUT2D eigenvalue weighted by atomic mass is 19.1. The minimum absolute atomic E-state index is 0.00423. The minimum Gasteiger partial charge on any atom is -0.491 e. The van der Waals surface area contributed by atoms with Crippen molar-refractivity contribution in [3.05, 3.63) is 29.8 Å². The van der Waals surface area contributed by atoms with Crippen LogP contribution in [0.3, 0.4) is 0 Å². The van der Waals surface area contributed by atoms with E-state index in [0.717, 1.165) is 5.56 Å². The van der Waals surface area contributed by atoms with E-state index in [4.69, 9.17) is 15.6 Å². The zero-order valence-electron chi connectivity index (χ0n) is 12.8. The maximum atomic E-state index is 12.0. The number of rotatable bonds is 11. The first-order valence-corrected chi connectivity index (χ1v) is 7.43. The molecule has 1 rings (SSSR count). The van der Waals surface area contributed by atoms with Gasteiger partial charge in [-0.1, -0.05) is 12.1 Å². The number of aliphatic carboxylic acids is 2. The molecule has 1 aromatic rings. The van der Waals surface area contributed by atoms with Gasteiger partial charge in [0.15, 0.2) is 0 Å². The summed E-state index contributed by atoms with van der Waals surface area (Å²) in [4.78, 5) is 21.9. The molecular formula is C16H22FNO5. The number of carboxylic acids is 2. The largest absolute Gasteiger partial charge is 0.491 e. The predicted octanol–water partition coefficient (Wildman–Crippen LogP) is 1.86. The van der Waals surface area contributed by atoms with E-state index >= 15 is 0 Å². The van der Waals surface area contributed by atoms with Gasteiger partial charge in [-0.3, -0.25) is 9.59 Å². The molecule has 0 amide bonds. The predicted molar refractivity (Wildman–Crippen MR) is 82.2 cm³/mol. The lowest BCUT2D eigenvalue weighted by Gasteiger charge is -2.14. The molecule has 128 valence electrons. The molecule has 0 aromatic heterocycles. The SMILES string of the molecule is NC(CCC(CCc1ccc(OCCF)cc1)C(=O)O)C(=O)O. The van der Waals surface area contributed by atoms with E-state index in [9.17, 15) is 19.1 Å². The highest BCUT2D eigenvalue weighted by molar-refractivity contribution is 5.73. The van der Waals surface area contributed by atoms with E-state index in [-0.39, 0.29) is 19.4 Å². The van der Waals surface area contributed by atoms with Gasteiger partial charge in [-0.15, -0.1) is 0 Å². The molecule has 0 saturated heterocycles. The molecule has 6 nitrogen and oxygen atoms in total. The molecule has 0 saturated carbocycles. The van der Waals surface area contributed by atoms with E-state index in [1.54, 1.807) is 24.3 Å². The second-order valence-electron chi connectivity index (χ2n) is 5.28. The topological polar surface area (TPSA) is 110 Å². The average Bonchev–Trinajstić information content (AvgIpc) is 2.53. The number of aryl methyl sites for hydroxylation is 1. The fourth-order valence-corrected chi connectivity index (χ4v) is 2.15. The summed E-state index contributed by atoms with van der Waals surface area (Å²) in [7, 11) is 0. The number of hydrogen-bond donors (Lipinski definition) is 3. The van der Waals surface area contributed by atoms with Crippen molar-refractivity contribution in [1.29, 1.82) is 0 Å². The quantitative estimate of drug-likeness (QED) is 0.572. The Morgan fingerprint density at radius 2 is 1.74 bits per heavy atom. The standard InChI is InChI=1S/C16H22FNO5/c17-9-10-23-13-6-2-11(3-7-13)1-4-12(15(19)20)5-8-14(18)16(21)22/h2-3,6-7,12,14H,1,4-5,8-10,18H2,(H,19,20)(H,21,22). The van der Waals surface area contributed by atoms with Gasteiger partial charge in [0, 0.05) is 0 Å². The fraction of sp³-hybridized carbons (Fsp3) is 0.500. The van der Waals surface area contributed by atoms with Crippen molar-refractivity contribution in [3.63, 3.8) is 0 Å². The lowest BCUT2D eigenvalue weighted by atomic mass is 9.93. The number of ether oxygens (including phenoxy) is 1. The molecule has 0 aliphatic rings. The summed E-state index contributed by atoms with van der Waals surface area (Å²) in [6.07, 6.45) is 1.29. The van der Waals surface area contributed by atoms with E-state index in [2.05, 4.69) is 0 Å². The van der Waals surface area contributed by atoms with Gasteiger partial charge in [0.25, 0.3) is 0 Å². The molecule has 23 heavy (non-hydrogen) atoms. The molecule has 0 radical (unpaired) electrons. The molecule has 4 N–H and O–H groups in total. The van der Waals surface area contributed by atoms with Crippen LogP contribution in [0, 0.1) is 5.92 Å². The molecule has 2 unspecified atom stereocenters. The third-order valence-corrected chi connectivity index (χ3v) is 3.54. The van der Waals surface area contributed by atoms with Crippen molar-refractivity contribution in [2.45, 2.75) is 31.7 Å². The van der Waals surface area contributed by atoms with Crippen molar-refractivity contribution < 1.29 is 28.9 Å². The highest BCUT2D eigenvalue weighted by Crippen LogP contribution is 2.19. The van der Waals surface area contributed by atoms with Gasteiger partial charge < -0.3 is 20.7 Å². The third-order valence-electron chi connectivity index (χ3n) is 3.54. The molecule has 0 aliphatic heterocycles. The van der Waals surface area contributed by atoms with Crippen molar-refractivity contribution >= 4 is 11.9 Å². The van der Waals surface area contributed by atoms with Crippen molar-refractivity contribution in [1.82, 2.24) is 0 Å². The molecule has 0 spiro atoms. The molecule has 1 aromatic carbocycles. The molecule has 0 bridgehead atoms. The molecule has 0 aliphatic carbocycles. The molecule has 2 atom stereocenters. The number of alkyl halides is 1. The third kappa shape index (κ3) is 7.10. The summed E-state index contributed by atoms with van der Waals surface area (Å²) in [6, 6.07) is 5.98. The first-order chi connectivity index (χ1) is 10.9. The van der Waals surface area contributed by atoms with Crippen LogP contribution in [0.4, 0.5) is 4.39 Å². The molecule has 7 heteroatoms. The number of benzene rings is 1. The van der Waals surface area contributed by atoms with Crippen LogP contribution in [0.2, 0.25) is 0 Å². The van der Waals surface area contributed by atoms with Gasteiger partial charge in [0.1, 0.15) is 25.1 Å². The van der Waals surface area contributed by atoms with Crippen LogP contribution >= 0.6 is 0 Å². The summed E-state index contributed by atoms with van der Waals surface area (Å²) in [5.41, 5.74) is 6.33. The van der Waals surface area contributed by atoms with Crippen LogP contribution in [0.5, 0.6) is 5.75 Å². The normalized spacial score (nSPS) is 13.3. The Balaban J connectivity index is 2.48. The number of nitrogens with two attached hydrogens (primary N) is 1. The minimum atomic E-state index is -1.13. The zero-order chi connectivity index (χ0) is 17.2. The lowest BCUT2D eigenvalue weighted by molar-refractivity contribution is -0.143. The van der Waals surface area contributed by atoms with Crippen LogP contribution in [-0.4, -0.2) is 41.5 Å². The van der Waals surface area contributed by atoms with Gasteiger partial charge in [-0.05, 0) is 43.4 Å². The maximum absolute atomic E-state index is 12.0. The highest BCUT2D eigenvalue weighted by Gasteiger charge is 2.20. The summed E-state index contributed by atoms with van der Waals surface area (Å²) >= 11 is 0. The maximum Gasteiger partial charge on any atom is 0.320 e. The van der Waals surface area contributed by atoms with E-state index in [1.165, 1.54) is 0 Å². The number of halogens is 1. The van der Waals surface area contributed by atoms with Crippen LogP contribution < -0.4 is 10.5 Å². The fourth-order valence-electron chi connectivity index (χ4n) is 2.15. The Kier molecular flexibility index (Phi) is 8.04. The van der Waals surface area contributed by atoms with Crippen molar-refractivity contribution in [2.75, 3.05) is 13.3 Å². The van der Waals surface area contributed by atoms with Gasteiger partial charge in [-0.2, -0.15) is 0 Å². The van der Waals surface area contributed by atoms with Crippen LogP contribution in [-0.2, 0) is 16.0 Å². The summed E-state index contributed by atoms with van der Waals surface area (Å²) in [5.74, 6) is -2.15. The molecule has 0 fully saturated rings. The Labute approximate surface area is 134 Å². The second-order valence-corrected chi connectivity index (χ2v) is 5.28. The second kappa shape index (κ2) is 9.78. The number of carbonyl (C=O) groups is 2. The Hall–Kier alpha value is -2.15. The summed E-state index contributed by atoms with van der Waals surface area (Å²) in [5, 5.41) is 17.9. The average molecular weight is 327 g/mol. The first-order valence-electron chi connectivity index (χ1n) is 7.43. The smallest absolute Gasteiger partial charge is 0.320 e. The van der Waals surface area contributed by atoms with Gasteiger partial charge in [0.2, 0.25) is 0 Å². The Morgan fingerprint density at radius 1 is 1.09 bits per heavy atom. The van der Waals surface area contributed by atoms with Gasteiger partial charge in [0.05, 0.1) is 5.92 Å². The Morgan fingerprint density at radius 3 is 2.26 bits per heavy atom. The first kappa shape index (κ1) is 18.9. The van der Waals surface area contributed by atoms with Crippen LogP contribution in [0.25, 0.3) is 0 Å². The van der Waals surface area contributed by atoms with Crippen LogP contribution in [0.1, 0.15) is 24.8 Å². The molecular weight excluding hydrogens is 305 g/mol. The van der Waals surface area contributed by atoms with E-state index in [1.807, 2.05) is 0 Å². The molecule has 0 heterocycles. The summed E-state index contributed by atoms with van der Waals surface area (Å²) < 4.78 is 17.1. The van der Waals surface area contributed by atoms with E-state index < -0.39 is 30.6 Å².